The number of para-hydroxylation sites is 1. The third-order valence-electron chi connectivity index (χ3n) is 6.69. The highest BCUT2D eigenvalue weighted by Gasteiger charge is 2.22. The number of benzene rings is 3. The van der Waals surface area contributed by atoms with Gasteiger partial charge in [0.1, 0.15) is 12.4 Å². The summed E-state index contributed by atoms with van der Waals surface area (Å²) in [4.78, 5) is 18.3. The first-order valence-electron chi connectivity index (χ1n) is 12.3. The van der Waals surface area contributed by atoms with E-state index < -0.39 is 0 Å². The highest BCUT2D eigenvalue weighted by molar-refractivity contribution is 9.10. The minimum atomic E-state index is -0.162. The molecule has 4 aromatic rings. The topological polar surface area (TPSA) is 65.7 Å². The number of methoxy groups -OCH3 is 1. The largest absolute Gasteiger partial charge is 0.493 e. The number of aromatic nitrogens is 2. The molecule has 0 spiro atoms. The monoisotopic (exact) mass is 579 g/mol. The van der Waals surface area contributed by atoms with Crippen LogP contribution in [0.4, 0.5) is 0 Å². The van der Waals surface area contributed by atoms with Crippen LogP contribution < -0.4 is 15.0 Å². The van der Waals surface area contributed by atoms with Crippen LogP contribution in [-0.2, 0) is 6.61 Å². The predicted octanol–water partition coefficient (Wildman–Crippen LogP) is 7.33. The Morgan fingerprint density at radius 3 is 2.62 bits per heavy atom. The van der Waals surface area contributed by atoms with Crippen LogP contribution in [0.25, 0.3) is 10.9 Å². The van der Waals surface area contributed by atoms with E-state index in [0.29, 0.717) is 34.0 Å². The lowest BCUT2D eigenvalue weighted by molar-refractivity contribution is 0.284. The lowest BCUT2D eigenvalue weighted by atomic mass is 9.88. The Bertz CT molecular complexity index is 1510. The number of hydrogen-bond acceptors (Lipinski definition) is 5. The van der Waals surface area contributed by atoms with E-state index in [-0.39, 0.29) is 11.5 Å². The van der Waals surface area contributed by atoms with Crippen molar-refractivity contribution in [1.29, 1.82) is 0 Å². The number of fused-ring (bicyclic) bond motifs is 1. The first kappa shape index (κ1) is 25.5. The van der Waals surface area contributed by atoms with Crippen LogP contribution in [0.3, 0.4) is 0 Å². The van der Waals surface area contributed by atoms with Crippen molar-refractivity contribution < 1.29 is 9.47 Å². The molecule has 6 nitrogen and oxygen atoms in total. The molecule has 0 atom stereocenters. The number of ether oxygens (including phenoxy) is 2. The van der Waals surface area contributed by atoms with Gasteiger partial charge in [0.25, 0.3) is 5.56 Å². The van der Waals surface area contributed by atoms with Crippen molar-refractivity contribution in [3.05, 3.63) is 97.5 Å². The summed E-state index contributed by atoms with van der Waals surface area (Å²) in [5.74, 6) is 2.05. The van der Waals surface area contributed by atoms with Crippen molar-refractivity contribution in [2.24, 2.45) is 5.10 Å². The van der Waals surface area contributed by atoms with E-state index in [1.165, 1.54) is 11.1 Å². The van der Waals surface area contributed by atoms with Gasteiger partial charge in [0.05, 0.1) is 24.2 Å². The summed E-state index contributed by atoms with van der Waals surface area (Å²) in [6, 6.07) is 18.7. The van der Waals surface area contributed by atoms with Crippen LogP contribution in [0, 0.1) is 0 Å². The van der Waals surface area contributed by atoms with E-state index in [4.69, 9.17) is 26.1 Å². The van der Waals surface area contributed by atoms with E-state index in [1.807, 2.05) is 54.6 Å². The van der Waals surface area contributed by atoms with Gasteiger partial charge in [0, 0.05) is 26.5 Å². The first-order chi connectivity index (χ1) is 18.0. The molecule has 0 amide bonds. The smallest absolute Gasteiger partial charge is 0.282 e. The molecule has 0 radical (unpaired) electrons. The van der Waals surface area contributed by atoms with Gasteiger partial charge in [-0.05, 0) is 59.1 Å². The maximum Gasteiger partial charge on any atom is 0.282 e. The van der Waals surface area contributed by atoms with E-state index in [0.717, 1.165) is 47.1 Å². The first-order valence-corrected chi connectivity index (χ1v) is 13.5. The molecule has 0 N–H and O–H groups in total. The summed E-state index contributed by atoms with van der Waals surface area (Å²) in [7, 11) is 1.59. The van der Waals surface area contributed by atoms with Crippen molar-refractivity contribution in [2.45, 2.75) is 44.6 Å². The minimum absolute atomic E-state index is 0.162. The maximum absolute atomic E-state index is 13.5. The second-order valence-electron chi connectivity index (χ2n) is 9.09. The summed E-state index contributed by atoms with van der Waals surface area (Å²) in [6.07, 6.45) is 7.17. The predicted molar refractivity (Wildman–Crippen MR) is 151 cm³/mol. The van der Waals surface area contributed by atoms with Crippen LogP contribution in [0.15, 0.2) is 75.0 Å². The standard InChI is InChI=1S/C29H27BrClN3O3/c1-36-26-15-21(23(30)16-27(26)37-18-20-11-5-7-13-24(20)31)17-32-34-28(19-9-3-2-4-10-19)33-25-14-8-6-12-22(25)29(34)35/h5-8,11-17,19H,2-4,9-10,18H2,1H3. The molecule has 5 rings (SSSR count). The number of rotatable bonds is 7. The molecule has 37 heavy (non-hydrogen) atoms. The van der Waals surface area contributed by atoms with Crippen molar-refractivity contribution in [3.8, 4) is 11.5 Å². The van der Waals surface area contributed by atoms with E-state index in [9.17, 15) is 4.79 Å². The Kier molecular flexibility index (Phi) is 7.91. The van der Waals surface area contributed by atoms with Gasteiger partial charge in [-0.2, -0.15) is 9.78 Å². The average Bonchev–Trinajstić information content (AvgIpc) is 2.93. The lowest BCUT2D eigenvalue weighted by Gasteiger charge is -2.22. The molecule has 1 saturated carbocycles. The number of hydrogen-bond donors (Lipinski definition) is 0. The second kappa shape index (κ2) is 11.5. The van der Waals surface area contributed by atoms with Gasteiger partial charge in [0.15, 0.2) is 11.5 Å². The van der Waals surface area contributed by atoms with Gasteiger partial charge in [-0.3, -0.25) is 4.79 Å². The summed E-state index contributed by atoms with van der Waals surface area (Å²) in [5, 5.41) is 5.85. The molecule has 3 aromatic carbocycles. The summed E-state index contributed by atoms with van der Waals surface area (Å²) in [5.41, 5.74) is 2.18. The quantitative estimate of drug-likeness (QED) is 0.215. The zero-order valence-electron chi connectivity index (χ0n) is 20.5. The van der Waals surface area contributed by atoms with Crippen molar-refractivity contribution in [2.75, 3.05) is 7.11 Å². The fourth-order valence-corrected chi connectivity index (χ4v) is 5.31. The molecule has 8 heteroatoms. The maximum atomic E-state index is 13.5. The third-order valence-corrected chi connectivity index (χ3v) is 7.74. The van der Waals surface area contributed by atoms with E-state index >= 15 is 0 Å². The molecule has 1 aromatic heterocycles. The fourth-order valence-electron chi connectivity index (χ4n) is 4.69. The van der Waals surface area contributed by atoms with Crippen molar-refractivity contribution in [3.63, 3.8) is 0 Å². The molecule has 1 fully saturated rings. The molecule has 1 aliphatic carbocycles. The molecule has 190 valence electrons. The van der Waals surface area contributed by atoms with Gasteiger partial charge in [-0.15, -0.1) is 0 Å². The Balaban J connectivity index is 1.49. The zero-order chi connectivity index (χ0) is 25.8. The van der Waals surface area contributed by atoms with Crippen LogP contribution in [0.1, 0.15) is 55.0 Å². The Morgan fingerprint density at radius 2 is 1.84 bits per heavy atom. The van der Waals surface area contributed by atoms with Gasteiger partial charge >= 0.3 is 0 Å². The Hall–Kier alpha value is -3.16. The van der Waals surface area contributed by atoms with Crippen molar-refractivity contribution in [1.82, 2.24) is 9.66 Å². The fraction of sp³-hybridized carbons (Fsp3) is 0.276. The molecule has 0 bridgehead atoms. The van der Waals surface area contributed by atoms with Gasteiger partial charge in [0.2, 0.25) is 0 Å². The van der Waals surface area contributed by atoms with E-state index in [2.05, 4.69) is 21.0 Å². The molecular formula is C29H27BrClN3O3. The highest BCUT2D eigenvalue weighted by Crippen LogP contribution is 2.35. The Morgan fingerprint density at radius 1 is 1.08 bits per heavy atom. The third kappa shape index (κ3) is 5.58. The van der Waals surface area contributed by atoms with Crippen LogP contribution in [0.5, 0.6) is 11.5 Å². The SMILES string of the molecule is COc1cc(C=Nn2c(C3CCCCC3)nc3ccccc3c2=O)c(Br)cc1OCc1ccccc1Cl. The molecule has 0 saturated heterocycles. The number of nitrogens with zero attached hydrogens (tertiary/aromatic N) is 3. The Labute approximate surface area is 229 Å². The van der Waals surface area contributed by atoms with Gasteiger partial charge in [-0.1, -0.05) is 61.2 Å². The number of halogens is 2. The van der Waals surface area contributed by atoms with Crippen molar-refractivity contribution >= 4 is 44.6 Å². The van der Waals surface area contributed by atoms with Gasteiger partial charge < -0.3 is 9.47 Å². The molecular weight excluding hydrogens is 554 g/mol. The van der Waals surface area contributed by atoms with Crippen LogP contribution in [0.2, 0.25) is 5.02 Å². The summed E-state index contributed by atoms with van der Waals surface area (Å²) >= 11 is 9.89. The molecule has 0 unspecified atom stereocenters. The zero-order valence-corrected chi connectivity index (χ0v) is 22.8. The van der Waals surface area contributed by atoms with Crippen LogP contribution >= 0.6 is 27.5 Å². The second-order valence-corrected chi connectivity index (χ2v) is 10.3. The molecule has 1 heterocycles. The van der Waals surface area contributed by atoms with E-state index in [1.54, 1.807) is 19.4 Å². The highest BCUT2D eigenvalue weighted by atomic mass is 79.9. The lowest BCUT2D eigenvalue weighted by Crippen LogP contribution is -2.25. The minimum Gasteiger partial charge on any atom is -0.493 e. The van der Waals surface area contributed by atoms with Gasteiger partial charge in [-0.25, -0.2) is 4.98 Å². The normalized spacial score (nSPS) is 14.4. The summed E-state index contributed by atoms with van der Waals surface area (Å²) < 4.78 is 13.8. The molecule has 1 aliphatic rings. The average molecular weight is 581 g/mol. The summed E-state index contributed by atoms with van der Waals surface area (Å²) in [6.45, 7) is 0.304. The van der Waals surface area contributed by atoms with Crippen LogP contribution in [-0.4, -0.2) is 23.0 Å². The molecule has 0 aliphatic heterocycles.